The van der Waals surface area contributed by atoms with Gasteiger partial charge in [0.2, 0.25) is 0 Å². The van der Waals surface area contributed by atoms with Gasteiger partial charge in [-0.3, -0.25) is 0 Å². The second-order valence-electron chi connectivity index (χ2n) is 3.60. The van der Waals surface area contributed by atoms with Crippen molar-refractivity contribution in [3.63, 3.8) is 0 Å². The van der Waals surface area contributed by atoms with Crippen molar-refractivity contribution in [2.45, 2.75) is 0 Å². The molecule has 0 saturated carbocycles. The van der Waals surface area contributed by atoms with Crippen LogP contribution in [0, 0.1) is 10.1 Å². The van der Waals surface area contributed by atoms with Crippen molar-refractivity contribution in [1.29, 1.82) is 0 Å². The normalized spacial score (nSPS) is 11.6. The third-order valence-electron chi connectivity index (χ3n) is 2.04. The lowest BCUT2D eigenvalue weighted by Gasteiger charge is -2.16. The number of phosphoric acid groups is 1. The minimum Gasteiger partial charge on any atom is -0.390 e. The van der Waals surface area contributed by atoms with Gasteiger partial charge in [-0.25, -0.2) is 4.57 Å². The maximum atomic E-state index is 12.4. The molecule has 0 radical (unpaired) electrons. The van der Waals surface area contributed by atoms with Gasteiger partial charge in [0.1, 0.15) is 0 Å². The van der Waals surface area contributed by atoms with Crippen molar-refractivity contribution in [3.8, 4) is 5.88 Å². The van der Waals surface area contributed by atoms with Gasteiger partial charge in [0.25, 0.3) is 0 Å². The molecular formula is C8H14Br2N5O6P. The Balaban J connectivity index is 2.82. The molecule has 1 aromatic heterocycles. The van der Waals surface area contributed by atoms with E-state index in [1.807, 2.05) is 0 Å². The van der Waals surface area contributed by atoms with Crippen LogP contribution in [0.3, 0.4) is 0 Å². The zero-order valence-electron chi connectivity index (χ0n) is 11.4. The first kappa shape index (κ1) is 19.5. The van der Waals surface area contributed by atoms with Gasteiger partial charge in [-0.15, -0.1) is 0 Å². The summed E-state index contributed by atoms with van der Waals surface area (Å²) in [7, 11) is -2.76. The molecule has 22 heavy (non-hydrogen) atoms. The molecule has 0 fully saturated rings. The van der Waals surface area contributed by atoms with Crippen LogP contribution in [0.1, 0.15) is 0 Å². The lowest BCUT2D eigenvalue weighted by Crippen LogP contribution is -2.23. The number of nitrogens with zero attached hydrogens (tertiary/aromatic N) is 3. The Hall–Kier alpha value is -0.560. The van der Waals surface area contributed by atoms with E-state index >= 15 is 0 Å². The van der Waals surface area contributed by atoms with Crippen LogP contribution in [0.25, 0.3) is 0 Å². The van der Waals surface area contributed by atoms with Gasteiger partial charge < -0.3 is 14.6 Å². The predicted octanol–water partition coefficient (Wildman–Crippen LogP) is 1.65. The number of hydrogen-bond donors (Lipinski definition) is 2. The van der Waals surface area contributed by atoms with Gasteiger partial charge in [-0.2, -0.15) is 24.8 Å². The molecule has 0 amide bonds. The predicted molar refractivity (Wildman–Crippen MR) is 83.9 cm³/mol. The Kier molecular flexibility index (Phi) is 8.46. The number of alkyl halides is 2. The van der Waals surface area contributed by atoms with E-state index in [4.69, 9.17) is 13.8 Å². The number of hydroxylamine groups is 2. The molecule has 0 unspecified atom stereocenters. The lowest BCUT2D eigenvalue weighted by molar-refractivity contribution is -0.396. The quantitative estimate of drug-likeness (QED) is 0.164. The van der Waals surface area contributed by atoms with Crippen molar-refractivity contribution < 1.29 is 23.3 Å². The molecule has 0 saturated heterocycles. The van der Waals surface area contributed by atoms with E-state index in [0.717, 1.165) is 10.8 Å². The molecule has 0 aliphatic heterocycles. The van der Waals surface area contributed by atoms with E-state index in [2.05, 4.69) is 47.8 Å². The molecule has 11 nitrogen and oxygen atoms in total. The van der Waals surface area contributed by atoms with Crippen LogP contribution in [-0.2, 0) is 20.9 Å². The number of aromatic nitrogens is 2. The molecule has 0 bridgehead atoms. The van der Waals surface area contributed by atoms with Gasteiger partial charge in [-0.1, -0.05) is 36.8 Å². The van der Waals surface area contributed by atoms with Crippen LogP contribution in [0.4, 0.5) is 5.95 Å². The molecular weight excluding hydrogens is 453 g/mol. The number of imidazole rings is 1. The Bertz CT molecular complexity index is 529. The largest absolute Gasteiger partial charge is 0.566 e. The summed E-state index contributed by atoms with van der Waals surface area (Å²) < 4.78 is 28.3. The fourth-order valence-electron chi connectivity index (χ4n) is 1.14. The summed E-state index contributed by atoms with van der Waals surface area (Å²) in [6, 6.07) is 0. The van der Waals surface area contributed by atoms with Crippen molar-refractivity contribution in [3.05, 3.63) is 16.3 Å². The SMILES string of the molecule is Cn1c(OP(=O)(ONCCBr)ONCCBr)cnc1[N+](=O)[O-]. The second kappa shape index (κ2) is 9.55. The van der Waals surface area contributed by atoms with Crippen LogP contribution < -0.4 is 15.5 Å². The highest BCUT2D eigenvalue weighted by Gasteiger charge is 2.34. The van der Waals surface area contributed by atoms with E-state index < -0.39 is 18.7 Å². The Morgan fingerprint density at radius 3 is 2.32 bits per heavy atom. The Morgan fingerprint density at radius 2 is 1.91 bits per heavy atom. The van der Waals surface area contributed by atoms with Gasteiger partial charge in [0, 0.05) is 23.7 Å². The molecule has 0 atom stereocenters. The molecule has 0 aromatic carbocycles. The molecule has 0 spiro atoms. The average molecular weight is 467 g/mol. The standard InChI is InChI=1S/C8H14Br2N5O6P/c1-14-7(6-11-8(14)15(16)17)19-22(18,20-12-4-2-9)21-13-5-3-10/h6,12-13H,2-5H2,1H3. The molecule has 0 aliphatic rings. The van der Waals surface area contributed by atoms with E-state index in [0.29, 0.717) is 23.7 Å². The monoisotopic (exact) mass is 465 g/mol. The summed E-state index contributed by atoms with van der Waals surface area (Å²) in [6.45, 7) is 0.668. The minimum absolute atomic E-state index is 0.142. The first-order valence-corrected chi connectivity index (χ1v) is 9.54. The van der Waals surface area contributed by atoms with Crippen molar-refractivity contribution >= 4 is 45.6 Å². The molecule has 1 heterocycles. The number of rotatable bonds is 11. The highest BCUT2D eigenvalue weighted by atomic mass is 79.9. The van der Waals surface area contributed by atoms with E-state index in [-0.39, 0.29) is 5.88 Å². The molecule has 1 rings (SSSR count). The molecule has 1 aromatic rings. The van der Waals surface area contributed by atoms with Crippen LogP contribution >= 0.6 is 39.7 Å². The third kappa shape index (κ3) is 5.91. The summed E-state index contributed by atoms with van der Waals surface area (Å²) in [5, 5.41) is 11.8. The van der Waals surface area contributed by atoms with Gasteiger partial charge in [0.15, 0.2) is 6.20 Å². The van der Waals surface area contributed by atoms with E-state index in [9.17, 15) is 14.7 Å². The zero-order valence-corrected chi connectivity index (χ0v) is 15.5. The average Bonchev–Trinajstić information content (AvgIpc) is 2.81. The molecule has 126 valence electrons. The Labute approximate surface area is 142 Å². The van der Waals surface area contributed by atoms with Crippen molar-refractivity contribution in [2.24, 2.45) is 7.05 Å². The van der Waals surface area contributed by atoms with Gasteiger partial charge in [-0.05, 0) is 4.92 Å². The first-order valence-electron chi connectivity index (χ1n) is 5.84. The summed E-state index contributed by atoms with van der Waals surface area (Å²) >= 11 is 6.31. The van der Waals surface area contributed by atoms with Crippen LogP contribution in [0.15, 0.2) is 6.20 Å². The summed E-state index contributed by atoms with van der Waals surface area (Å²) in [6.07, 6.45) is 1.05. The highest BCUT2D eigenvalue weighted by molar-refractivity contribution is 9.09. The minimum atomic E-state index is -4.09. The lowest BCUT2D eigenvalue weighted by atomic mass is 10.8. The third-order valence-corrected chi connectivity index (χ3v) is 3.94. The number of nitro groups is 1. The summed E-state index contributed by atoms with van der Waals surface area (Å²) in [5.41, 5.74) is 4.79. The van der Waals surface area contributed by atoms with Crippen molar-refractivity contribution in [2.75, 3.05) is 23.7 Å². The smallest absolute Gasteiger partial charge is 0.390 e. The Morgan fingerprint density at radius 1 is 1.36 bits per heavy atom. The zero-order chi connectivity index (χ0) is 16.6. The fourth-order valence-corrected chi connectivity index (χ4v) is 2.47. The summed E-state index contributed by atoms with van der Waals surface area (Å²) in [5.74, 6) is -0.611. The first-order chi connectivity index (χ1) is 10.4. The fraction of sp³-hybridized carbons (Fsp3) is 0.625. The van der Waals surface area contributed by atoms with Gasteiger partial charge >= 0.3 is 19.7 Å². The number of hydrogen-bond acceptors (Lipinski definition) is 9. The highest BCUT2D eigenvalue weighted by Crippen LogP contribution is 2.47. The molecule has 0 aliphatic carbocycles. The topological polar surface area (TPSA) is 130 Å². The second-order valence-corrected chi connectivity index (χ2v) is 6.63. The summed E-state index contributed by atoms with van der Waals surface area (Å²) in [4.78, 5) is 13.6. The van der Waals surface area contributed by atoms with Crippen LogP contribution in [-0.4, -0.2) is 38.2 Å². The van der Waals surface area contributed by atoms with Gasteiger partial charge in [0.05, 0.1) is 7.05 Å². The van der Waals surface area contributed by atoms with Crippen LogP contribution in [0.5, 0.6) is 5.88 Å². The maximum absolute atomic E-state index is 12.4. The maximum Gasteiger partial charge on any atom is 0.566 e. The van der Waals surface area contributed by atoms with Crippen LogP contribution in [0.2, 0.25) is 0 Å². The van der Waals surface area contributed by atoms with Crippen molar-refractivity contribution in [1.82, 2.24) is 20.5 Å². The molecule has 14 heteroatoms. The molecule has 2 N–H and O–H groups in total. The van der Waals surface area contributed by atoms with E-state index in [1.165, 1.54) is 7.05 Å². The number of halogens is 2. The van der Waals surface area contributed by atoms with E-state index in [1.54, 1.807) is 0 Å². The number of nitrogens with one attached hydrogen (secondary N) is 2.